The number of pyridine rings is 1. The lowest BCUT2D eigenvalue weighted by Crippen LogP contribution is -2.31. The van der Waals surface area contributed by atoms with E-state index < -0.39 is 0 Å². The lowest BCUT2D eigenvalue weighted by Gasteiger charge is -2.15. The van der Waals surface area contributed by atoms with Crippen molar-refractivity contribution in [3.8, 4) is 0 Å². The number of aromatic nitrogens is 3. The van der Waals surface area contributed by atoms with Crippen LogP contribution in [0.2, 0.25) is 0 Å². The SMILES string of the molecule is Cc1cc(C)n(C(C)C(=O)NCc2ccncc2C)n1. The third-order valence-electron chi connectivity index (χ3n) is 3.38. The van der Waals surface area contributed by atoms with E-state index in [1.807, 2.05) is 39.8 Å². The number of carbonyl (C=O) groups is 1. The van der Waals surface area contributed by atoms with E-state index in [1.165, 1.54) is 0 Å². The predicted molar refractivity (Wildman–Crippen MR) is 77.2 cm³/mol. The summed E-state index contributed by atoms with van der Waals surface area (Å²) in [5, 5.41) is 7.30. The zero-order valence-corrected chi connectivity index (χ0v) is 12.3. The van der Waals surface area contributed by atoms with Crippen LogP contribution in [-0.4, -0.2) is 20.7 Å². The zero-order valence-electron chi connectivity index (χ0n) is 12.3. The van der Waals surface area contributed by atoms with Crippen LogP contribution in [0, 0.1) is 20.8 Å². The maximum Gasteiger partial charge on any atom is 0.244 e. The van der Waals surface area contributed by atoms with Gasteiger partial charge in [-0.25, -0.2) is 0 Å². The van der Waals surface area contributed by atoms with Crippen LogP contribution in [0.25, 0.3) is 0 Å². The highest BCUT2D eigenvalue weighted by Crippen LogP contribution is 2.11. The van der Waals surface area contributed by atoms with Crippen molar-refractivity contribution >= 4 is 5.91 Å². The fourth-order valence-electron chi connectivity index (χ4n) is 2.18. The summed E-state index contributed by atoms with van der Waals surface area (Å²) in [4.78, 5) is 16.2. The monoisotopic (exact) mass is 272 g/mol. The fourth-order valence-corrected chi connectivity index (χ4v) is 2.18. The molecule has 1 unspecified atom stereocenters. The molecule has 0 spiro atoms. The van der Waals surface area contributed by atoms with Crippen molar-refractivity contribution in [3.63, 3.8) is 0 Å². The van der Waals surface area contributed by atoms with E-state index in [-0.39, 0.29) is 11.9 Å². The molecule has 2 heterocycles. The summed E-state index contributed by atoms with van der Waals surface area (Å²) in [5.74, 6) is -0.0348. The van der Waals surface area contributed by atoms with E-state index >= 15 is 0 Å². The Morgan fingerprint density at radius 1 is 1.40 bits per heavy atom. The molecular formula is C15H20N4O. The number of carbonyl (C=O) groups excluding carboxylic acids is 1. The third kappa shape index (κ3) is 3.04. The number of amides is 1. The van der Waals surface area contributed by atoms with Crippen molar-refractivity contribution in [1.82, 2.24) is 20.1 Å². The fraction of sp³-hybridized carbons (Fsp3) is 0.400. The quantitative estimate of drug-likeness (QED) is 0.927. The first-order valence-electron chi connectivity index (χ1n) is 6.69. The number of hydrogen-bond donors (Lipinski definition) is 1. The van der Waals surface area contributed by atoms with E-state index in [0.29, 0.717) is 6.54 Å². The van der Waals surface area contributed by atoms with E-state index in [0.717, 1.165) is 22.5 Å². The lowest BCUT2D eigenvalue weighted by molar-refractivity contribution is -0.124. The number of hydrogen-bond acceptors (Lipinski definition) is 3. The highest BCUT2D eigenvalue weighted by molar-refractivity contribution is 5.79. The summed E-state index contributed by atoms with van der Waals surface area (Å²) in [7, 11) is 0. The van der Waals surface area contributed by atoms with Gasteiger partial charge in [0.25, 0.3) is 0 Å². The Hall–Kier alpha value is -2.17. The minimum absolute atomic E-state index is 0.0348. The van der Waals surface area contributed by atoms with Gasteiger partial charge in [0.05, 0.1) is 5.69 Å². The second kappa shape index (κ2) is 5.86. The second-order valence-corrected chi connectivity index (χ2v) is 5.07. The van der Waals surface area contributed by atoms with Crippen LogP contribution in [0.1, 0.15) is 35.5 Å². The first-order valence-corrected chi connectivity index (χ1v) is 6.69. The van der Waals surface area contributed by atoms with Gasteiger partial charge in [0.1, 0.15) is 6.04 Å². The minimum Gasteiger partial charge on any atom is -0.350 e. The molecule has 0 saturated carbocycles. The minimum atomic E-state index is -0.314. The lowest BCUT2D eigenvalue weighted by atomic mass is 10.1. The molecule has 1 amide bonds. The summed E-state index contributed by atoms with van der Waals surface area (Å²) in [6.45, 7) is 8.23. The summed E-state index contributed by atoms with van der Waals surface area (Å²) in [6, 6.07) is 3.58. The molecule has 2 rings (SSSR count). The third-order valence-corrected chi connectivity index (χ3v) is 3.38. The number of nitrogens with zero attached hydrogens (tertiary/aromatic N) is 3. The molecule has 20 heavy (non-hydrogen) atoms. The van der Waals surface area contributed by atoms with Crippen LogP contribution in [0.4, 0.5) is 0 Å². The van der Waals surface area contributed by atoms with Crippen LogP contribution >= 0.6 is 0 Å². The molecule has 2 aromatic heterocycles. The molecule has 0 bridgehead atoms. The first-order chi connectivity index (χ1) is 9.49. The van der Waals surface area contributed by atoms with Gasteiger partial charge in [0.15, 0.2) is 0 Å². The standard InChI is InChI=1S/C15H20N4O/c1-10-8-16-6-5-14(10)9-17-15(20)13(4)19-12(3)7-11(2)18-19/h5-8,13H,9H2,1-4H3,(H,17,20). The average molecular weight is 272 g/mol. The molecule has 0 fully saturated rings. The van der Waals surface area contributed by atoms with Crippen molar-refractivity contribution in [2.24, 2.45) is 0 Å². The summed E-state index contributed by atoms with van der Waals surface area (Å²) in [5.41, 5.74) is 4.07. The van der Waals surface area contributed by atoms with Gasteiger partial charge in [0.2, 0.25) is 5.91 Å². The van der Waals surface area contributed by atoms with Gasteiger partial charge in [-0.2, -0.15) is 5.10 Å². The van der Waals surface area contributed by atoms with Gasteiger partial charge in [0, 0.05) is 24.6 Å². The van der Waals surface area contributed by atoms with E-state index in [1.54, 1.807) is 17.1 Å². The van der Waals surface area contributed by atoms with Gasteiger partial charge in [-0.3, -0.25) is 14.5 Å². The van der Waals surface area contributed by atoms with Crippen LogP contribution in [0.3, 0.4) is 0 Å². The molecule has 0 saturated heterocycles. The van der Waals surface area contributed by atoms with Crippen LogP contribution in [-0.2, 0) is 11.3 Å². The summed E-state index contributed by atoms with van der Waals surface area (Å²) in [6.07, 6.45) is 3.53. The Kier molecular flexibility index (Phi) is 4.17. The topological polar surface area (TPSA) is 59.8 Å². The Labute approximate surface area is 119 Å². The Balaban J connectivity index is 2.02. The number of aryl methyl sites for hydroxylation is 3. The van der Waals surface area contributed by atoms with Crippen LogP contribution in [0.15, 0.2) is 24.5 Å². The molecule has 1 atom stereocenters. The number of rotatable bonds is 4. The molecule has 5 heteroatoms. The highest BCUT2D eigenvalue weighted by Gasteiger charge is 2.17. The van der Waals surface area contributed by atoms with Crippen molar-refractivity contribution in [3.05, 3.63) is 47.0 Å². The van der Waals surface area contributed by atoms with Crippen LogP contribution < -0.4 is 5.32 Å². The maximum absolute atomic E-state index is 12.2. The molecular weight excluding hydrogens is 252 g/mol. The molecule has 0 aliphatic rings. The zero-order chi connectivity index (χ0) is 14.7. The van der Waals surface area contributed by atoms with Crippen molar-refractivity contribution in [2.45, 2.75) is 40.3 Å². The Morgan fingerprint density at radius 2 is 2.15 bits per heavy atom. The number of nitrogens with one attached hydrogen (secondary N) is 1. The van der Waals surface area contributed by atoms with Gasteiger partial charge in [-0.1, -0.05) is 0 Å². The molecule has 5 nitrogen and oxygen atoms in total. The normalized spacial score (nSPS) is 12.2. The summed E-state index contributed by atoms with van der Waals surface area (Å²) >= 11 is 0. The van der Waals surface area contributed by atoms with Gasteiger partial charge < -0.3 is 5.32 Å². The van der Waals surface area contributed by atoms with E-state index in [9.17, 15) is 4.79 Å². The molecule has 2 aromatic rings. The average Bonchev–Trinajstić information content (AvgIpc) is 2.75. The Bertz CT molecular complexity index is 618. The molecule has 0 aliphatic carbocycles. The smallest absolute Gasteiger partial charge is 0.244 e. The molecule has 106 valence electrons. The highest BCUT2D eigenvalue weighted by atomic mass is 16.2. The molecule has 0 aromatic carbocycles. The summed E-state index contributed by atoms with van der Waals surface area (Å²) < 4.78 is 1.75. The van der Waals surface area contributed by atoms with Gasteiger partial charge in [-0.15, -0.1) is 0 Å². The van der Waals surface area contributed by atoms with Gasteiger partial charge >= 0.3 is 0 Å². The first kappa shape index (κ1) is 14.2. The van der Waals surface area contributed by atoms with Gasteiger partial charge in [-0.05, 0) is 51.0 Å². The van der Waals surface area contributed by atoms with Crippen molar-refractivity contribution in [2.75, 3.05) is 0 Å². The van der Waals surface area contributed by atoms with E-state index in [2.05, 4.69) is 15.4 Å². The largest absolute Gasteiger partial charge is 0.350 e. The van der Waals surface area contributed by atoms with Crippen molar-refractivity contribution < 1.29 is 4.79 Å². The second-order valence-electron chi connectivity index (χ2n) is 5.07. The van der Waals surface area contributed by atoms with Crippen molar-refractivity contribution in [1.29, 1.82) is 0 Å². The maximum atomic E-state index is 12.2. The molecule has 0 radical (unpaired) electrons. The van der Waals surface area contributed by atoms with Crippen LogP contribution in [0.5, 0.6) is 0 Å². The van der Waals surface area contributed by atoms with E-state index in [4.69, 9.17) is 0 Å². The Morgan fingerprint density at radius 3 is 2.75 bits per heavy atom. The predicted octanol–water partition coefficient (Wildman–Crippen LogP) is 2.08. The molecule has 0 aliphatic heterocycles. The molecule has 1 N–H and O–H groups in total.